The fourth-order valence-corrected chi connectivity index (χ4v) is 1.74. The first-order valence-corrected chi connectivity index (χ1v) is 5.66. The normalized spacial score (nSPS) is 10.4. The van der Waals surface area contributed by atoms with E-state index < -0.39 is 0 Å². The van der Waals surface area contributed by atoms with E-state index in [0.29, 0.717) is 24.5 Å². The smallest absolute Gasteiger partial charge is 0.122 e. The van der Waals surface area contributed by atoms with Crippen LogP contribution < -0.4 is 0 Å². The van der Waals surface area contributed by atoms with Crippen molar-refractivity contribution in [3.63, 3.8) is 0 Å². The van der Waals surface area contributed by atoms with E-state index in [1.807, 2.05) is 12.2 Å². The molecule has 1 N–H and O–H groups in total. The van der Waals surface area contributed by atoms with E-state index in [2.05, 4.69) is 39.1 Å². The van der Waals surface area contributed by atoms with Gasteiger partial charge in [0.15, 0.2) is 0 Å². The first-order valence-electron chi connectivity index (χ1n) is 5.66. The van der Waals surface area contributed by atoms with E-state index >= 15 is 0 Å². The Balaban J connectivity index is 3.25. The summed E-state index contributed by atoms with van der Waals surface area (Å²) in [7, 11) is 0. The van der Waals surface area contributed by atoms with Crippen molar-refractivity contribution in [2.75, 3.05) is 0 Å². The van der Waals surface area contributed by atoms with E-state index in [0.717, 1.165) is 11.1 Å². The first kappa shape index (κ1) is 12.6. The molecule has 0 aromatic heterocycles. The van der Waals surface area contributed by atoms with E-state index in [-0.39, 0.29) is 0 Å². The van der Waals surface area contributed by atoms with Gasteiger partial charge < -0.3 is 5.11 Å². The molecule has 0 unspecified atom stereocenters. The van der Waals surface area contributed by atoms with Gasteiger partial charge in [-0.3, -0.25) is 0 Å². The van der Waals surface area contributed by atoms with Crippen molar-refractivity contribution in [3.05, 3.63) is 54.1 Å². The third-order valence-corrected chi connectivity index (χ3v) is 2.69. The van der Waals surface area contributed by atoms with E-state index in [4.69, 9.17) is 0 Å². The zero-order valence-corrected chi connectivity index (χ0v) is 10.2. The van der Waals surface area contributed by atoms with E-state index in [1.165, 1.54) is 5.56 Å². The van der Waals surface area contributed by atoms with Gasteiger partial charge in [-0.1, -0.05) is 38.1 Å². The topological polar surface area (TPSA) is 20.2 Å². The molecule has 0 amide bonds. The summed E-state index contributed by atoms with van der Waals surface area (Å²) in [5.41, 5.74) is 3.17. The molecule has 16 heavy (non-hydrogen) atoms. The zero-order chi connectivity index (χ0) is 12.1. The monoisotopic (exact) mass is 216 g/mol. The van der Waals surface area contributed by atoms with E-state index in [9.17, 15) is 5.11 Å². The molecule has 0 aliphatic heterocycles. The summed E-state index contributed by atoms with van der Waals surface area (Å²) in [6, 6.07) is 4.13. The van der Waals surface area contributed by atoms with Crippen LogP contribution in [-0.2, 0) is 12.8 Å². The predicted octanol–water partition coefficient (Wildman–Crippen LogP) is 3.97. The number of rotatable bonds is 5. The number of hydrogen-bond acceptors (Lipinski definition) is 1. The second-order valence-electron chi connectivity index (χ2n) is 4.33. The van der Waals surface area contributed by atoms with Gasteiger partial charge in [0, 0.05) is 0 Å². The average Bonchev–Trinajstić information content (AvgIpc) is 2.24. The second-order valence-corrected chi connectivity index (χ2v) is 4.33. The Kier molecular flexibility index (Phi) is 4.36. The lowest BCUT2D eigenvalue weighted by molar-refractivity contribution is 0.463. The Morgan fingerprint density at radius 1 is 1.12 bits per heavy atom. The van der Waals surface area contributed by atoms with Crippen LogP contribution in [0.1, 0.15) is 36.5 Å². The highest BCUT2D eigenvalue weighted by Gasteiger charge is 2.10. The van der Waals surface area contributed by atoms with Crippen LogP contribution in [-0.4, -0.2) is 5.11 Å². The quantitative estimate of drug-likeness (QED) is 0.738. The lowest BCUT2D eigenvalue weighted by atomic mass is 9.94. The van der Waals surface area contributed by atoms with Crippen molar-refractivity contribution in [2.45, 2.75) is 32.6 Å². The molecule has 0 spiro atoms. The van der Waals surface area contributed by atoms with Crippen LogP contribution in [0.25, 0.3) is 0 Å². The minimum absolute atomic E-state index is 0.393. The van der Waals surface area contributed by atoms with Gasteiger partial charge in [0.2, 0.25) is 0 Å². The lowest BCUT2D eigenvalue weighted by Gasteiger charge is -2.13. The van der Waals surface area contributed by atoms with Crippen molar-refractivity contribution in [3.8, 4) is 5.75 Å². The van der Waals surface area contributed by atoms with Gasteiger partial charge in [-0.15, -0.1) is 13.2 Å². The Hall–Kier alpha value is -1.50. The van der Waals surface area contributed by atoms with Gasteiger partial charge in [-0.05, 0) is 35.4 Å². The Bertz CT molecular complexity index is 357. The summed E-state index contributed by atoms with van der Waals surface area (Å²) >= 11 is 0. The molecule has 0 saturated heterocycles. The van der Waals surface area contributed by atoms with Crippen LogP contribution in [0.4, 0.5) is 0 Å². The van der Waals surface area contributed by atoms with Crippen LogP contribution in [0, 0.1) is 0 Å². The second kappa shape index (κ2) is 5.55. The fraction of sp³-hybridized carbons (Fsp3) is 0.333. The van der Waals surface area contributed by atoms with Crippen molar-refractivity contribution >= 4 is 0 Å². The van der Waals surface area contributed by atoms with Gasteiger partial charge in [0.1, 0.15) is 5.75 Å². The Morgan fingerprint density at radius 3 is 1.88 bits per heavy atom. The summed E-state index contributed by atoms with van der Waals surface area (Å²) < 4.78 is 0. The number of hydrogen-bond donors (Lipinski definition) is 1. The molecule has 0 saturated carbocycles. The predicted molar refractivity (Wildman–Crippen MR) is 70.0 cm³/mol. The molecule has 1 heteroatoms. The van der Waals surface area contributed by atoms with Gasteiger partial charge in [0.05, 0.1) is 0 Å². The molecule has 0 atom stereocenters. The third kappa shape index (κ3) is 2.75. The molecule has 0 fully saturated rings. The molecule has 86 valence electrons. The van der Waals surface area contributed by atoms with Crippen molar-refractivity contribution < 1.29 is 5.11 Å². The summed E-state index contributed by atoms with van der Waals surface area (Å²) in [6.45, 7) is 11.7. The molecular formula is C15H20O. The minimum atomic E-state index is 0.393. The van der Waals surface area contributed by atoms with Gasteiger partial charge in [0.25, 0.3) is 0 Å². The maximum Gasteiger partial charge on any atom is 0.122 e. The molecule has 0 bridgehead atoms. The van der Waals surface area contributed by atoms with Crippen molar-refractivity contribution in [1.82, 2.24) is 0 Å². The standard InChI is InChI=1S/C15H20O/c1-5-7-12-9-14(11(3)4)10-13(8-6-2)15(12)16/h5-6,9-11,16H,1-2,7-8H2,3-4H3. The molecule has 0 aliphatic rings. The lowest BCUT2D eigenvalue weighted by Crippen LogP contribution is -1.96. The van der Waals surface area contributed by atoms with Gasteiger partial charge >= 0.3 is 0 Å². The summed E-state index contributed by atoms with van der Waals surface area (Å²) in [5.74, 6) is 0.858. The molecule has 1 aromatic rings. The van der Waals surface area contributed by atoms with Crippen LogP contribution >= 0.6 is 0 Å². The van der Waals surface area contributed by atoms with Crippen LogP contribution in [0.5, 0.6) is 5.75 Å². The third-order valence-electron chi connectivity index (χ3n) is 2.69. The number of phenolic OH excluding ortho intramolecular Hbond substituents is 1. The SMILES string of the molecule is C=CCc1cc(C(C)C)cc(CC=C)c1O. The number of benzene rings is 1. The highest BCUT2D eigenvalue weighted by atomic mass is 16.3. The number of allylic oxidation sites excluding steroid dienone is 2. The zero-order valence-electron chi connectivity index (χ0n) is 10.2. The van der Waals surface area contributed by atoms with Gasteiger partial charge in [-0.2, -0.15) is 0 Å². The maximum atomic E-state index is 10.1. The fourth-order valence-electron chi connectivity index (χ4n) is 1.74. The molecule has 1 nitrogen and oxygen atoms in total. The molecule has 0 aliphatic carbocycles. The van der Waals surface area contributed by atoms with Crippen molar-refractivity contribution in [2.24, 2.45) is 0 Å². The minimum Gasteiger partial charge on any atom is -0.507 e. The summed E-state index contributed by atoms with van der Waals surface area (Å²) in [6.07, 6.45) is 5.04. The Labute approximate surface area is 98.1 Å². The van der Waals surface area contributed by atoms with E-state index in [1.54, 1.807) is 0 Å². The van der Waals surface area contributed by atoms with Crippen molar-refractivity contribution in [1.29, 1.82) is 0 Å². The molecule has 1 aromatic carbocycles. The van der Waals surface area contributed by atoms with Crippen LogP contribution in [0.3, 0.4) is 0 Å². The highest BCUT2D eigenvalue weighted by Crippen LogP contribution is 2.29. The molecule has 1 rings (SSSR count). The first-order chi connectivity index (χ1) is 7.60. The molecular weight excluding hydrogens is 196 g/mol. The Morgan fingerprint density at radius 2 is 1.56 bits per heavy atom. The maximum absolute atomic E-state index is 10.1. The summed E-state index contributed by atoms with van der Waals surface area (Å²) in [5, 5.41) is 10.1. The van der Waals surface area contributed by atoms with Crippen LogP contribution in [0.2, 0.25) is 0 Å². The average molecular weight is 216 g/mol. The largest absolute Gasteiger partial charge is 0.507 e. The molecule has 0 heterocycles. The van der Waals surface area contributed by atoms with Crippen LogP contribution in [0.15, 0.2) is 37.4 Å². The highest BCUT2D eigenvalue weighted by molar-refractivity contribution is 5.46. The van der Waals surface area contributed by atoms with Gasteiger partial charge in [-0.25, -0.2) is 0 Å². The number of phenols is 1. The number of aromatic hydroxyl groups is 1. The molecule has 0 radical (unpaired) electrons. The summed E-state index contributed by atoms with van der Waals surface area (Å²) in [4.78, 5) is 0.